The second-order valence-corrected chi connectivity index (χ2v) is 5.58. The molecule has 1 aliphatic rings. The fraction of sp³-hybridized carbons (Fsp3) is 0.500. The number of hydrogen-bond acceptors (Lipinski definition) is 4. The highest BCUT2D eigenvalue weighted by molar-refractivity contribution is 5.75. The average molecular weight is 291 g/mol. The van der Waals surface area contributed by atoms with Crippen LogP contribution >= 0.6 is 0 Å². The second kappa shape index (κ2) is 6.72. The van der Waals surface area contributed by atoms with Crippen LogP contribution in [0.15, 0.2) is 30.3 Å². The largest absolute Gasteiger partial charge is 0.480 e. The number of rotatable bonds is 5. The first kappa shape index (κ1) is 15.5. The molecule has 3 unspecified atom stereocenters. The molecular weight excluding hydrogens is 270 g/mol. The van der Waals surface area contributed by atoms with E-state index in [9.17, 15) is 14.7 Å². The molecule has 1 aliphatic heterocycles. The maximum Gasteiger partial charge on any atom is 0.321 e. The number of carbonyl (C=O) groups excluding carboxylic acids is 1. The van der Waals surface area contributed by atoms with E-state index in [1.807, 2.05) is 37.3 Å². The smallest absolute Gasteiger partial charge is 0.321 e. The highest BCUT2D eigenvalue weighted by Gasteiger charge is 2.41. The lowest BCUT2D eigenvalue weighted by Crippen LogP contribution is -2.34. The predicted octanol–water partition coefficient (Wildman–Crippen LogP) is 1.78. The van der Waals surface area contributed by atoms with Crippen molar-refractivity contribution in [2.45, 2.75) is 38.3 Å². The zero-order chi connectivity index (χ0) is 15.4. The molecule has 0 amide bonds. The molecule has 114 valence electrons. The minimum atomic E-state index is -0.841. The number of aliphatic carboxylic acids is 1. The number of carboxylic acids is 1. The van der Waals surface area contributed by atoms with E-state index in [2.05, 4.69) is 5.32 Å². The highest BCUT2D eigenvalue weighted by Crippen LogP contribution is 2.36. The van der Waals surface area contributed by atoms with Crippen LogP contribution in [0.5, 0.6) is 0 Å². The van der Waals surface area contributed by atoms with Crippen molar-refractivity contribution in [2.75, 3.05) is 6.54 Å². The van der Waals surface area contributed by atoms with Crippen molar-refractivity contribution >= 4 is 11.9 Å². The normalized spacial score (nSPS) is 26.3. The second-order valence-electron chi connectivity index (χ2n) is 5.58. The van der Waals surface area contributed by atoms with Gasteiger partial charge in [0.1, 0.15) is 6.04 Å². The van der Waals surface area contributed by atoms with Gasteiger partial charge in [-0.1, -0.05) is 30.3 Å². The summed E-state index contributed by atoms with van der Waals surface area (Å²) in [5.41, 5.74) is 1.01. The molecule has 4 atom stereocenters. The van der Waals surface area contributed by atoms with Crippen LogP contribution in [0, 0.1) is 5.92 Å². The Hall–Kier alpha value is -1.88. The SMILES string of the molecule is CC(=O)OC(C)CC1CN[C@H](C(=O)O)C1c1ccccc1. The van der Waals surface area contributed by atoms with Gasteiger partial charge in [-0.25, -0.2) is 0 Å². The minimum absolute atomic E-state index is 0.110. The topological polar surface area (TPSA) is 75.6 Å². The van der Waals surface area contributed by atoms with Crippen LogP contribution in [0.1, 0.15) is 31.7 Å². The van der Waals surface area contributed by atoms with E-state index in [1.165, 1.54) is 6.92 Å². The Bertz CT molecular complexity index is 502. The van der Waals surface area contributed by atoms with Gasteiger partial charge < -0.3 is 15.2 Å². The summed E-state index contributed by atoms with van der Waals surface area (Å²) in [7, 11) is 0. The monoisotopic (exact) mass is 291 g/mol. The van der Waals surface area contributed by atoms with E-state index >= 15 is 0 Å². The summed E-state index contributed by atoms with van der Waals surface area (Å²) in [6, 6.07) is 9.06. The lowest BCUT2D eigenvalue weighted by Gasteiger charge is -2.24. The van der Waals surface area contributed by atoms with Crippen LogP contribution < -0.4 is 5.32 Å². The summed E-state index contributed by atoms with van der Waals surface area (Å²) in [6.45, 7) is 3.85. The lowest BCUT2D eigenvalue weighted by atomic mass is 9.81. The van der Waals surface area contributed by atoms with E-state index < -0.39 is 12.0 Å². The molecule has 5 heteroatoms. The quantitative estimate of drug-likeness (QED) is 0.809. The van der Waals surface area contributed by atoms with Gasteiger partial charge in [-0.15, -0.1) is 0 Å². The van der Waals surface area contributed by atoms with Gasteiger partial charge in [0.2, 0.25) is 0 Å². The Morgan fingerprint density at radius 2 is 2.05 bits per heavy atom. The molecule has 0 saturated carbocycles. The fourth-order valence-corrected chi connectivity index (χ4v) is 3.17. The van der Waals surface area contributed by atoms with E-state index in [1.54, 1.807) is 0 Å². The number of carboxylic acid groups (broad SMARTS) is 1. The Labute approximate surface area is 124 Å². The first-order valence-electron chi connectivity index (χ1n) is 7.17. The number of carbonyl (C=O) groups is 2. The van der Waals surface area contributed by atoms with Gasteiger partial charge in [0.15, 0.2) is 0 Å². The molecule has 2 rings (SSSR count). The maximum absolute atomic E-state index is 11.4. The molecule has 1 aromatic carbocycles. The average Bonchev–Trinajstić information content (AvgIpc) is 2.82. The van der Waals surface area contributed by atoms with E-state index in [-0.39, 0.29) is 23.9 Å². The van der Waals surface area contributed by atoms with Crippen LogP contribution in [-0.2, 0) is 14.3 Å². The van der Waals surface area contributed by atoms with Gasteiger partial charge in [0.25, 0.3) is 0 Å². The van der Waals surface area contributed by atoms with Gasteiger partial charge in [-0.3, -0.25) is 9.59 Å². The van der Waals surface area contributed by atoms with Crippen molar-refractivity contribution in [3.8, 4) is 0 Å². The zero-order valence-corrected chi connectivity index (χ0v) is 12.3. The summed E-state index contributed by atoms with van der Waals surface area (Å²) < 4.78 is 5.18. The summed E-state index contributed by atoms with van der Waals surface area (Å²) in [4.78, 5) is 22.5. The van der Waals surface area contributed by atoms with Crippen LogP contribution in [0.2, 0.25) is 0 Å². The van der Waals surface area contributed by atoms with Crippen molar-refractivity contribution in [1.82, 2.24) is 5.32 Å². The number of hydrogen-bond donors (Lipinski definition) is 2. The van der Waals surface area contributed by atoms with Gasteiger partial charge in [-0.2, -0.15) is 0 Å². The number of nitrogens with one attached hydrogen (secondary N) is 1. The Kier molecular flexibility index (Phi) is 4.96. The minimum Gasteiger partial charge on any atom is -0.480 e. The van der Waals surface area contributed by atoms with E-state index in [0.717, 1.165) is 5.56 Å². The molecule has 0 aromatic heterocycles. The predicted molar refractivity (Wildman–Crippen MR) is 77.9 cm³/mol. The Morgan fingerprint density at radius 1 is 1.38 bits per heavy atom. The fourth-order valence-electron chi connectivity index (χ4n) is 3.17. The summed E-state index contributed by atoms with van der Waals surface area (Å²) >= 11 is 0. The zero-order valence-electron chi connectivity index (χ0n) is 12.3. The Morgan fingerprint density at radius 3 is 2.62 bits per heavy atom. The van der Waals surface area contributed by atoms with E-state index in [0.29, 0.717) is 13.0 Å². The lowest BCUT2D eigenvalue weighted by molar-refractivity contribution is -0.146. The molecule has 0 bridgehead atoms. The molecule has 0 spiro atoms. The van der Waals surface area contributed by atoms with E-state index in [4.69, 9.17) is 4.74 Å². The first-order valence-corrected chi connectivity index (χ1v) is 7.17. The van der Waals surface area contributed by atoms with Crippen molar-refractivity contribution < 1.29 is 19.4 Å². The number of benzene rings is 1. The standard InChI is InChI=1S/C16H21NO4/c1-10(21-11(2)18)8-13-9-17-15(16(19)20)14(13)12-6-4-3-5-7-12/h3-7,10,13-15,17H,8-9H2,1-2H3,(H,19,20)/t10?,13?,14?,15-/m0/s1. The first-order chi connectivity index (χ1) is 9.99. The van der Waals surface area contributed by atoms with Crippen molar-refractivity contribution in [2.24, 2.45) is 5.92 Å². The van der Waals surface area contributed by atoms with Crippen LogP contribution in [0.4, 0.5) is 0 Å². The number of ether oxygens (including phenoxy) is 1. The maximum atomic E-state index is 11.4. The molecule has 2 N–H and O–H groups in total. The summed E-state index contributed by atoms with van der Waals surface area (Å²) in [6.07, 6.45) is 0.434. The van der Waals surface area contributed by atoms with Crippen molar-refractivity contribution in [3.63, 3.8) is 0 Å². The van der Waals surface area contributed by atoms with Crippen molar-refractivity contribution in [3.05, 3.63) is 35.9 Å². The number of esters is 1. The van der Waals surface area contributed by atoms with Crippen molar-refractivity contribution in [1.29, 1.82) is 0 Å². The van der Waals surface area contributed by atoms with Crippen LogP contribution in [-0.4, -0.2) is 35.7 Å². The third kappa shape index (κ3) is 3.82. The van der Waals surface area contributed by atoms with Crippen LogP contribution in [0.25, 0.3) is 0 Å². The highest BCUT2D eigenvalue weighted by atomic mass is 16.5. The van der Waals surface area contributed by atoms with Gasteiger partial charge in [-0.05, 0) is 31.4 Å². The molecule has 1 aromatic rings. The molecule has 1 heterocycles. The van der Waals surface area contributed by atoms with Gasteiger partial charge >= 0.3 is 11.9 Å². The molecular formula is C16H21NO4. The van der Waals surface area contributed by atoms with Gasteiger partial charge in [0, 0.05) is 12.8 Å². The third-order valence-electron chi connectivity index (χ3n) is 3.92. The molecule has 0 aliphatic carbocycles. The molecule has 0 radical (unpaired) electrons. The molecule has 21 heavy (non-hydrogen) atoms. The summed E-state index contributed by atoms with van der Waals surface area (Å²) in [5, 5.41) is 12.5. The molecule has 1 fully saturated rings. The van der Waals surface area contributed by atoms with Crippen LogP contribution in [0.3, 0.4) is 0 Å². The third-order valence-corrected chi connectivity index (χ3v) is 3.92. The molecule has 5 nitrogen and oxygen atoms in total. The Balaban J connectivity index is 2.16. The molecule has 1 saturated heterocycles. The summed E-state index contributed by atoms with van der Waals surface area (Å²) in [5.74, 6) is -1.13. The van der Waals surface area contributed by atoms with Gasteiger partial charge in [0.05, 0.1) is 6.10 Å².